The van der Waals surface area contributed by atoms with Crippen molar-refractivity contribution in [2.24, 2.45) is 29.6 Å². The third-order valence-electron chi connectivity index (χ3n) is 19.8. The molecule has 484 valence electrons. The van der Waals surface area contributed by atoms with Crippen LogP contribution < -0.4 is 14.4 Å². The zero-order valence-corrected chi connectivity index (χ0v) is 55.8. The third kappa shape index (κ3) is 14.9. The number of carbonyl (C=O) groups is 3. The van der Waals surface area contributed by atoms with Crippen LogP contribution in [0.5, 0.6) is 11.5 Å². The highest BCUT2D eigenvalue weighted by atomic mass is 35.5. The summed E-state index contributed by atoms with van der Waals surface area (Å²) < 4.78 is 72.1. The van der Waals surface area contributed by atoms with E-state index in [1.54, 1.807) is 54.5 Å². The number of thioether (sulfide) groups is 1. The summed E-state index contributed by atoms with van der Waals surface area (Å²) in [6, 6.07) is 5.62. The van der Waals surface area contributed by atoms with Gasteiger partial charge >= 0.3 is 11.9 Å². The predicted octanol–water partition coefficient (Wildman–Crippen LogP) is 9.44. The normalized spacial score (nSPS) is 38.1. The number of esters is 2. The van der Waals surface area contributed by atoms with E-state index in [1.807, 2.05) is 73.8 Å². The van der Waals surface area contributed by atoms with Crippen LogP contribution in [-0.4, -0.2) is 201 Å². The van der Waals surface area contributed by atoms with Gasteiger partial charge < -0.3 is 67.0 Å². The van der Waals surface area contributed by atoms with E-state index >= 15 is 9.59 Å². The molecule has 22 heteroatoms. The molecule has 1 aliphatic carbocycles. The molecule has 1 unspecified atom stereocenters. The van der Waals surface area contributed by atoms with Crippen molar-refractivity contribution < 1.29 is 71.6 Å². The van der Waals surface area contributed by atoms with E-state index in [4.69, 9.17) is 75.3 Å². The lowest BCUT2D eigenvalue weighted by molar-refractivity contribution is -0.315. The van der Waals surface area contributed by atoms with Crippen LogP contribution in [0.15, 0.2) is 30.6 Å². The monoisotopic (exact) mass is 1260 g/mol. The average Bonchev–Trinajstić information content (AvgIpc) is 1.64. The van der Waals surface area contributed by atoms with Gasteiger partial charge in [0.1, 0.15) is 23.2 Å². The molecule has 19 atom stereocenters. The first-order valence-electron chi connectivity index (χ1n) is 31.2. The maximum Gasteiger partial charge on any atom is 0.320 e. The highest BCUT2D eigenvalue weighted by Crippen LogP contribution is 2.50. The molecule has 0 radical (unpaired) electrons. The minimum Gasteiger partial charge on any atom is -0.493 e. The minimum absolute atomic E-state index is 0.0444. The van der Waals surface area contributed by atoms with Crippen LogP contribution in [0, 0.1) is 29.6 Å². The number of methoxy groups -OCH3 is 3. The van der Waals surface area contributed by atoms with Crippen LogP contribution in [-0.2, 0) is 63.6 Å². The molecular weight excluding hydrogens is 1170 g/mol. The molecule has 1 N–H and O–H groups in total. The summed E-state index contributed by atoms with van der Waals surface area (Å²) in [6.07, 6.45) is 2.15. The number of aliphatic hydroxyl groups excluding tert-OH is 1. The van der Waals surface area contributed by atoms with Gasteiger partial charge in [0, 0.05) is 112 Å². The first-order chi connectivity index (χ1) is 40.8. The Hall–Kier alpha value is -3.09. The van der Waals surface area contributed by atoms with Gasteiger partial charge in [-0.15, -0.1) is 11.8 Å². The van der Waals surface area contributed by atoms with Crippen LogP contribution in [0.25, 0.3) is 0 Å². The average molecular weight is 1270 g/mol. The van der Waals surface area contributed by atoms with Gasteiger partial charge in [0.25, 0.3) is 0 Å². The number of ketones is 1. The fourth-order valence-corrected chi connectivity index (χ4v) is 16.7. The van der Waals surface area contributed by atoms with Crippen molar-refractivity contribution in [3.05, 3.63) is 46.2 Å². The summed E-state index contributed by atoms with van der Waals surface area (Å²) in [5.41, 5.74) is -2.26. The summed E-state index contributed by atoms with van der Waals surface area (Å²) in [6.45, 7) is 22.3. The van der Waals surface area contributed by atoms with Crippen LogP contribution >= 0.6 is 35.0 Å². The van der Waals surface area contributed by atoms with E-state index in [0.717, 1.165) is 50.9 Å². The Balaban J connectivity index is 1.16. The Morgan fingerprint density at radius 3 is 2.16 bits per heavy atom. The van der Waals surface area contributed by atoms with Gasteiger partial charge in [-0.3, -0.25) is 24.3 Å². The first kappa shape index (κ1) is 68.8. The number of Topliss-reactive ketones (excluding diaryl/α,β-unsaturated/α-hetero) is 1. The molecule has 1 aromatic heterocycles. The largest absolute Gasteiger partial charge is 0.493 e. The van der Waals surface area contributed by atoms with Crippen molar-refractivity contribution in [2.75, 3.05) is 78.9 Å². The molecule has 5 aliphatic heterocycles. The number of benzene rings is 1. The number of aromatic nitrogens is 1. The summed E-state index contributed by atoms with van der Waals surface area (Å²) in [5, 5.41) is 11.3. The minimum atomic E-state index is -1.46. The van der Waals surface area contributed by atoms with E-state index in [1.165, 1.54) is 11.8 Å². The molecule has 6 aliphatic rings. The molecule has 6 heterocycles. The van der Waals surface area contributed by atoms with Crippen molar-refractivity contribution >= 4 is 58.4 Å². The summed E-state index contributed by atoms with van der Waals surface area (Å²) in [5.74, 6) is -3.49. The van der Waals surface area contributed by atoms with Crippen LogP contribution in [0.1, 0.15) is 126 Å². The second kappa shape index (κ2) is 29.5. The smallest absolute Gasteiger partial charge is 0.320 e. The molecule has 0 spiro atoms. The van der Waals surface area contributed by atoms with Gasteiger partial charge in [0.2, 0.25) is 0 Å². The van der Waals surface area contributed by atoms with Crippen LogP contribution in [0.3, 0.4) is 0 Å². The number of aliphatic hydroxyl groups is 1. The van der Waals surface area contributed by atoms with Crippen molar-refractivity contribution in [1.82, 2.24) is 14.8 Å². The quantitative estimate of drug-likeness (QED) is 0.131. The number of fused-ring (bicyclic) bond motifs is 1. The van der Waals surface area contributed by atoms with Gasteiger partial charge in [-0.25, -0.2) is 0 Å². The number of nitrogens with zero attached hydrogens (tertiary/aromatic N) is 4. The van der Waals surface area contributed by atoms with Gasteiger partial charge in [-0.05, 0) is 113 Å². The second-order valence-electron chi connectivity index (χ2n) is 25.9. The number of anilines is 1. The Morgan fingerprint density at radius 2 is 1.53 bits per heavy atom. The van der Waals surface area contributed by atoms with E-state index in [0.29, 0.717) is 59.2 Å². The lowest BCUT2D eigenvalue weighted by Gasteiger charge is -2.52. The number of hydrogen-bond acceptors (Lipinski definition) is 20. The number of likely N-dealkylation sites (N-methyl/N-ethyl adjacent to an activating group) is 1. The van der Waals surface area contributed by atoms with Crippen molar-refractivity contribution in [3.63, 3.8) is 0 Å². The van der Waals surface area contributed by atoms with Crippen LogP contribution in [0.2, 0.25) is 10.0 Å². The maximum atomic E-state index is 15.7. The standard InChI is InChI=1S/C64H98Cl2N4O15S/c1-16-50-64(10)52(56(60(74)85-64)86-28-25-70(35-44-45(65)33-67-34-46(44)66)42-21-22-48(75-13)49(30-42)81-43-19-17-18-20-43)38(4)54(71)36(2)31-63(9,77-15)58(84-61-53(68(11)12)47(29-37(3)79-61)69-23-26-78-27-24-69)39(5)55(40(6)59(73)82-50)83-51-32-62(8,76-14)57(72)41(7)80-51/h21-22,30,33-34,36-41,43,47,50-53,55-58,61,72H,16-20,23-29,31-32,35H2,1-15H3/t36-,37-,38-,39+,40-,41+,47-,50-,51+,52+,53+,55+,56?,57+,58-,61+,62-,63-,64-/m1/s1. The molecule has 5 saturated heterocycles. The first-order valence-corrected chi connectivity index (χ1v) is 33.0. The molecule has 19 nitrogen and oxygen atoms in total. The Morgan fingerprint density at radius 1 is 0.860 bits per heavy atom. The van der Waals surface area contributed by atoms with Crippen molar-refractivity contribution in [1.29, 1.82) is 0 Å². The Kier molecular flexibility index (Phi) is 23.6. The predicted molar refractivity (Wildman–Crippen MR) is 330 cm³/mol. The second-order valence-corrected chi connectivity index (χ2v) is 28.0. The maximum absolute atomic E-state index is 15.7. The highest BCUT2D eigenvalue weighted by Gasteiger charge is 2.62. The van der Waals surface area contributed by atoms with E-state index < -0.39 is 107 Å². The Labute approximate surface area is 525 Å². The molecule has 0 bridgehead atoms. The lowest BCUT2D eigenvalue weighted by atomic mass is 9.70. The fourth-order valence-electron chi connectivity index (χ4n) is 14.8. The molecule has 2 aromatic rings. The fraction of sp³-hybridized carbons (Fsp3) is 0.781. The number of hydrogen-bond donors (Lipinski definition) is 1. The number of ether oxygens (including phenoxy) is 11. The summed E-state index contributed by atoms with van der Waals surface area (Å²) >= 11 is 15.0. The Bertz CT molecular complexity index is 2580. The topological polar surface area (TPSA) is 196 Å². The summed E-state index contributed by atoms with van der Waals surface area (Å²) in [4.78, 5) is 57.0. The number of carbonyl (C=O) groups excluding carboxylic acids is 3. The zero-order chi connectivity index (χ0) is 62.6. The van der Waals surface area contributed by atoms with E-state index in [-0.39, 0.29) is 49.3 Å². The molecule has 8 rings (SSSR count). The number of halogens is 2. The molecular formula is C64H98Cl2N4O15S. The van der Waals surface area contributed by atoms with Gasteiger partial charge in [0.15, 0.2) is 29.7 Å². The third-order valence-corrected chi connectivity index (χ3v) is 21.7. The molecule has 0 amide bonds. The number of pyridine rings is 1. The number of rotatable bonds is 19. The SMILES string of the molecule is CC[C@H]1OC(=O)[C@H](C)[C@@H](O[C@H]2C[C@@](C)(OC)[C@@H](O)[C@H](C)O2)[C@H](C)[C@@H](O[C@@H]2O[C@H](C)C[C@@H](N3CCOCC3)[C@@H]2N(C)C)[C@](C)(OC)C[C@@H](C)C(=O)[C@H](C)[C@H]2C(SCCN(Cc3c(Cl)cncc3Cl)c3ccc(OC)c(OC4CCCC4)c3)C(=O)O[C@@]21C. The zero-order valence-electron chi connectivity index (χ0n) is 53.4. The van der Waals surface area contributed by atoms with E-state index in [9.17, 15) is 9.90 Å². The lowest BCUT2D eigenvalue weighted by Crippen LogP contribution is -2.65. The van der Waals surface area contributed by atoms with Crippen LogP contribution in [0.4, 0.5) is 5.69 Å². The molecule has 1 saturated carbocycles. The number of morpholine rings is 1. The molecule has 1 aromatic carbocycles. The van der Waals surface area contributed by atoms with E-state index in [2.05, 4.69) is 26.6 Å². The van der Waals surface area contributed by atoms with Gasteiger partial charge in [-0.1, -0.05) is 50.9 Å². The van der Waals surface area contributed by atoms with Crippen molar-refractivity contribution in [2.45, 2.75) is 217 Å². The van der Waals surface area contributed by atoms with Crippen molar-refractivity contribution in [3.8, 4) is 11.5 Å². The highest BCUT2D eigenvalue weighted by molar-refractivity contribution is 8.00. The summed E-state index contributed by atoms with van der Waals surface area (Å²) in [7, 11) is 8.86. The van der Waals surface area contributed by atoms with Gasteiger partial charge in [0.05, 0.1) is 84.1 Å². The molecule has 6 fully saturated rings. The number of cyclic esters (lactones) is 1. The molecule has 86 heavy (non-hydrogen) atoms. The van der Waals surface area contributed by atoms with Gasteiger partial charge in [-0.2, -0.15) is 0 Å².